The van der Waals surface area contributed by atoms with Crippen molar-refractivity contribution >= 4 is 11.9 Å². The number of para-hydroxylation sites is 1. The number of benzene rings is 4. The van der Waals surface area contributed by atoms with E-state index >= 15 is 0 Å². The van der Waals surface area contributed by atoms with Gasteiger partial charge in [-0.3, -0.25) is 9.59 Å². The van der Waals surface area contributed by atoms with Crippen molar-refractivity contribution in [3.05, 3.63) is 120 Å². The average Bonchev–Trinajstić information content (AvgIpc) is 2.98. The number of carboxylic acid groups (broad SMARTS) is 1. The SMILES string of the molecule is O=C(O)CCc1ccc(OCCCCOc2ccc(Oc3ccccc3)cc2)cc1CNC(=O)c1ccccc1. The third-order valence-electron chi connectivity index (χ3n) is 6.14. The molecular weight excluding hydrogens is 506 g/mol. The molecule has 2 N–H and O–H groups in total. The Morgan fingerprint density at radius 2 is 1.23 bits per heavy atom. The minimum Gasteiger partial charge on any atom is -0.494 e. The Morgan fingerprint density at radius 1 is 0.650 bits per heavy atom. The van der Waals surface area contributed by atoms with Gasteiger partial charge in [0.05, 0.1) is 13.2 Å². The van der Waals surface area contributed by atoms with E-state index in [4.69, 9.17) is 19.3 Å². The Balaban J connectivity index is 1.21. The van der Waals surface area contributed by atoms with Crippen LogP contribution in [0.5, 0.6) is 23.0 Å². The number of aryl methyl sites for hydroxylation is 1. The molecular formula is C33H33NO6. The number of amides is 1. The fourth-order valence-electron chi connectivity index (χ4n) is 4.02. The Kier molecular flexibility index (Phi) is 10.6. The molecule has 0 aliphatic heterocycles. The molecule has 0 aliphatic rings. The summed E-state index contributed by atoms with van der Waals surface area (Å²) in [5.41, 5.74) is 2.28. The summed E-state index contributed by atoms with van der Waals surface area (Å²) in [5.74, 6) is 1.95. The Hall–Kier alpha value is -4.78. The summed E-state index contributed by atoms with van der Waals surface area (Å²) in [6.07, 6.45) is 2.01. The lowest BCUT2D eigenvalue weighted by molar-refractivity contribution is -0.136. The molecule has 0 unspecified atom stereocenters. The van der Waals surface area contributed by atoms with Crippen LogP contribution < -0.4 is 19.5 Å². The van der Waals surface area contributed by atoms with Gasteiger partial charge in [-0.15, -0.1) is 0 Å². The first kappa shape index (κ1) is 28.2. The van der Waals surface area contributed by atoms with Crippen LogP contribution in [0.4, 0.5) is 0 Å². The van der Waals surface area contributed by atoms with Crippen LogP contribution in [0.15, 0.2) is 103 Å². The van der Waals surface area contributed by atoms with Gasteiger partial charge in [-0.2, -0.15) is 0 Å². The number of unbranched alkanes of at least 4 members (excludes halogenated alkanes) is 1. The van der Waals surface area contributed by atoms with E-state index in [1.807, 2.05) is 91.0 Å². The van der Waals surface area contributed by atoms with Crippen LogP contribution in [-0.4, -0.2) is 30.2 Å². The van der Waals surface area contributed by atoms with E-state index in [0.29, 0.717) is 30.9 Å². The fraction of sp³-hybridized carbons (Fsp3) is 0.212. The maximum Gasteiger partial charge on any atom is 0.303 e. The molecule has 0 atom stereocenters. The van der Waals surface area contributed by atoms with Crippen molar-refractivity contribution in [1.29, 1.82) is 0 Å². The van der Waals surface area contributed by atoms with E-state index < -0.39 is 5.97 Å². The summed E-state index contributed by atoms with van der Waals surface area (Å²) in [6, 6.07) is 31.7. The van der Waals surface area contributed by atoms with Gasteiger partial charge < -0.3 is 24.6 Å². The maximum atomic E-state index is 12.5. The molecule has 0 heterocycles. The number of hydrogen-bond acceptors (Lipinski definition) is 5. The highest BCUT2D eigenvalue weighted by atomic mass is 16.5. The van der Waals surface area contributed by atoms with Gasteiger partial charge in [-0.05, 0) is 91.1 Å². The van der Waals surface area contributed by atoms with Gasteiger partial charge in [0, 0.05) is 18.5 Å². The maximum absolute atomic E-state index is 12.5. The predicted octanol–water partition coefficient (Wildman–Crippen LogP) is 6.66. The Bertz CT molecular complexity index is 1360. The molecule has 0 spiro atoms. The molecule has 1 amide bonds. The summed E-state index contributed by atoms with van der Waals surface area (Å²) in [4.78, 5) is 23.6. The highest BCUT2D eigenvalue weighted by molar-refractivity contribution is 5.94. The van der Waals surface area contributed by atoms with Gasteiger partial charge >= 0.3 is 5.97 Å². The Labute approximate surface area is 234 Å². The molecule has 40 heavy (non-hydrogen) atoms. The van der Waals surface area contributed by atoms with E-state index in [-0.39, 0.29) is 18.9 Å². The standard InChI is InChI=1S/C33H33NO6/c35-32(36)20-14-25-13-15-31(23-27(25)24-34-33(37)26-9-3-1-4-10-26)39-22-8-7-21-38-28-16-18-30(19-17-28)40-29-11-5-2-6-12-29/h1-6,9-13,15-19,23H,7-8,14,20-22,24H2,(H,34,37)(H,35,36). The molecule has 4 aromatic rings. The number of nitrogens with one attached hydrogen (secondary N) is 1. The minimum absolute atomic E-state index is 0.0165. The quantitative estimate of drug-likeness (QED) is 0.164. The first-order valence-corrected chi connectivity index (χ1v) is 13.3. The van der Waals surface area contributed by atoms with Gasteiger partial charge in [-0.1, -0.05) is 42.5 Å². The molecule has 0 aliphatic carbocycles. The third kappa shape index (κ3) is 9.20. The summed E-state index contributed by atoms with van der Waals surface area (Å²) in [5, 5.41) is 12.0. The monoisotopic (exact) mass is 539 g/mol. The lowest BCUT2D eigenvalue weighted by Gasteiger charge is -2.14. The van der Waals surface area contributed by atoms with Crippen LogP contribution >= 0.6 is 0 Å². The van der Waals surface area contributed by atoms with Crippen LogP contribution in [0, 0.1) is 0 Å². The van der Waals surface area contributed by atoms with Crippen molar-refractivity contribution in [1.82, 2.24) is 5.32 Å². The molecule has 4 aromatic carbocycles. The van der Waals surface area contributed by atoms with Crippen LogP contribution in [0.25, 0.3) is 0 Å². The molecule has 0 fully saturated rings. The van der Waals surface area contributed by atoms with Crippen molar-refractivity contribution < 1.29 is 28.9 Å². The number of ether oxygens (including phenoxy) is 3. The van der Waals surface area contributed by atoms with Crippen molar-refractivity contribution in [2.75, 3.05) is 13.2 Å². The molecule has 0 saturated heterocycles. The van der Waals surface area contributed by atoms with E-state index in [1.165, 1.54) is 0 Å². The topological polar surface area (TPSA) is 94.1 Å². The molecule has 0 bridgehead atoms. The fourth-order valence-corrected chi connectivity index (χ4v) is 4.02. The first-order chi connectivity index (χ1) is 19.6. The average molecular weight is 540 g/mol. The van der Waals surface area contributed by atoms with Gasteiger partial charge in [0.25, 0.3) is 5.91 Å². The second-order valence-corrected chi connectivity index (χ2v) is 9.16. The van der Waals surface area contributed by atoms with Gasteiger partial charge in [0.15, 0.2) is 0 Å². The summed E-state index contributed by atoms with van der Waals surface area (Å²) >= 11 is 0. The number of hydrogen-bond donors (Lipinski definition) is 2. The van der Waals surface area contributed by atoms with Gasteiger partial charge in [-0.25, -0.2) is 0 Å². The highest BCUT2D eigenvalue weighted by Gasteiger charge is 2.10. The highest BCUT2D eigenvalue weighted by Crippen LogP contribution is 2.24. The van der Waals surface area contributed by atoms with Crippen LogP contribution in [-0.2, 0) is 17.8 Å². The molecule has 4 rings (SSSR count). The van der Waals surface area contributed by atoms with Crippen molar-refractivity contribution in [2.45, 2.75) is 32.2 Å². The minimum atomic E-state index is -0.863. The van der Waals surface area contributed by atoms with E-state index in [9.17, 15) is 9.59 Å². The summed E-state index contributed by atoms with van der Waals surface area (Å²) < 4.78 is 17.6. The predicted molar refractivity (Wildman–Crippen MR) is 153 cm³/mol. The molecule has 0 saturated carbocycles. The molecule has 206 valence electrons. The van der Waals surface area contributed by atoms with E-state index in [2.05, 4.69) is 5.32 Å². The normalized spacial score (nSPS) is 10.5. The second kappa shape index (κ2) is 15.0. The van der Waals surface area contributed by atoms with Crippen LogP contribution in [0.2, 0.25) is 0 Å². The smallest absolute Gasteiger partial charge is 0.303 e. The second-order valence-electron chi connectivity index (χ2n) is 9.16. The van der Waals surface area contributed by atoms with E-state index in [1.54, 1.807) is 12.1 Å². The van der Waals surface area contributed by atoms with Gasteiger partial charge in [0.2, 0.25) is 0 Å². The van der Waals surface area contributed by atoms with E-state index in [0.717, 1.165) is 41.2 Å². The summed E-state index contributed by atoms with van der Waals surface area (Å²) in [7, 11) is 0. The Morgan fingerprint density at radius 3 is 1.90 bits per heavy atom. The first-order valence-electron chi connectivity index (χ1n) is 13.3. The molecule has 7 heteroatoms. The number of carboxylic acids is 1. The number of aliphatic carboxylic acids is 1. The molecule has 7 nitrogen and oxygen atoms in total. The number of rotatable bonds is 15. The molecule has 0 radical (unpaired) electrons. The lowest BCUT2D eigenvalue weighted by Crippen LogP contribution is -2.23. The summed E-state index contributed by atoms with van der Waals surface area (Å²) in [6.45, 7) is 1.35. The van der Waals surface area contributed by atoms with Crippen molar-refractivity contribution in [3.63, 3.8) is 0 Å². The zero-order valence-corrected chi connectivity index (χ0v) is 22.3. The van der Waals surface area contributed by atoms with Crippen LogP contribution in [0.1, 0.15) is 40.7 Å². The zero-order chi connectivity index (χ0) is 28.0. The zero-order valence-electron chi connectivity index (χ0n) is 22.3. The largest absolute Gasteiger partial charge is 0.494 e. The number of carbonyl (C=O) groups is 2. The third-order valence-corrected chi connectivity index (χ3v) is 6.14. The van der Waals surface area contributed by atoms with Crippen molar-refractivity contribution in [2.24, 2.45) is 0 Å². The van der Waals surface area contributed by atoms with Crippen molar-refractivity contribution in [3.8, 4) is 23.0 Å². The molecule has 0 aromatic heterocycles. The van der Waals surface area contributed by atoms with Crippen LogP contribution in [0.3, 0.4) is 0 Å². The number of carbonyl (C=O) groups excluding carboxylic acids is 1. The van der Waals surface area contributed by atoms with Gasteiger partial charge in [0.1, 0.15) is 23.0 Å². The lowest BCUT2D eigenvalue weighted by atomic mass is 10.0.